The predicted molar refractivity (Wildman–Crippen MR) is 75.9 cm³/mol. The van der Waals surface area contributed by atoms with Crippen molar-refractivity contribution in [2.75, 3.05) is 5.32 Å². The molecular weight excluding hydrogens is 240 g/mol. The Morgan fingerprint density at radius 1 is 1.32 bits per heavy atom. The van der Waals surface area contributed by atoms with E-state index in [1.54, 1.807) is 0 Å². The van der Waals surface area contributed by atoms with Gasteiger partial charge >= 0.3 is 6.09 Å². The molecule has 104 valence electrons. The van der Waals surface area contributed by atoms with Gasteiger partial charge in [-0.05, 0) is 42.9 Å². The SMILES string of the molecule is CC1CCCCC1OC(=O)Nc1ccc(CN)cc1. The molecule has 1 aliphatic carbocycles. The van der Waals surface area contributed by atoms with Crippen LogP contribution < -0.4 is 11.1 Å². The summed E-state index contributed by atoms with van der Waals surface area (Å²) < 4.78 is 5.49. The molecule has 1 aliphatic rings. The van der Waals surface area contributed by atoms with Gasteiger partial charge in [0.15, 0.2) is 0 Å². The highest BCUT2D eigenvalue weighted by Crippen LogP contribution is 2.26. The highest BCUT2D eigenvalue weighted by Gasteiger charge is 2.24. The molecule has 0 bridgehead atoms. The third-order valence-corrected chi connectivity index (χ3v) is 3.73. The lowest BCUT2D eigenvalue weighted by atomic mass is 9.88. The lowest BCUT2D eigenvalue weighted by Gasteiger charge is -2.28. The summed E-state index contributed by atoms with van der Waals surface area (Å²) in [6, 6.07) is 7.49. The average molecular weight is 262 g/mol. The van der Waals surface area contributed by atoms with Gasteiger partial charge in [-0.15, -0.1) is 0 Å². The summed E-state index contributed by atoms with van der Waals surface area (Å²) in [5.41, 5.74) is 7.31. The molecule has 4 nitrogen and oxygen atoms in total. The lowest BCUT2D eigenvalue weighted by molar-refractivity contribution is 0.0524. The van der Waals surface area contributed by atoms with E-state index in [1.807, 2.05) is 24.3 Å². The van der Waals surface area contributed by atoms with E-state index in [4.69, 9.17) is 10.5 Å². The second-order valence-electron chi connectivity index (χ2n) is 5.23. The summed E-state index contributed by atoms with van der Waals surface area (Å²) in [5.74, 6) is 0.458. The first kappa shape index (κ1) is 13.9. The minimum atomic E-state index is -0.362. The number of amides is 1. The molecule has 1 aromatic rings. The van der Waals surface area contributed by atoms with E-state index in [9.17, 15) is 4.79 Å². The summed E-state index contributed by atoms with van der Waals surface area (Å²) in [4.78, 5) is 11.8. The molecule has 0 aromatic heterocycles. The number of anilines is 1. The Kier molecular flexibility index (Phi) is 4.80. The third-order valence-electron chi connectivity index (χ3n) is 3.73. The number of carbonyl (C=O) groups excluding carboxylic acids is 1. The normalized spacial score (nSPS) is 22.8. The molecule has 2 atom stereocenters. The maximum Gasteiger partial charge on any atom is 0.411 e. The fraction of sp³-hybridized carbons (Fsp3) is 0.533. The van der Waals surface area contributed by atoms with Gasteiger partial charge in [0.2, 0.25) is 0 Å². The largest absolute Gasteiger partial charge is 0.446 e. The highest BCUT2D eigenvalue weighted by atomic mass is 16.6. The number of hydrogen-bond acceptors (Lipinski definition) is 3. The van der Waals surface area contributed by atoms with Crippen molar-refractivity contribution in [2.45, 2.75) is 45.3 Å². The molecule has 2 unspecified atom stereocenters. The molecule has 2 rings (SSSR count). The summed E-state index contributed by atoms with van der Waals surface area (Å²) in [7, 11) is 0. The van der Waals surface area contributed by atoms with Crippen molar-refractivity contribution in [3.8, 4) is 0 Å². The Hall–Kier alpha value is -1.55. The van der Waals surface area contributed by atoms with E-state index in [0.717, 1.165) is 30.5 Å². The molecule has 0 aliphatic heterocycles. The van der Waals surface area contributed by atoms with Crippen LogP contribution in [0.5, 0.6) is 0 Å². The summed E-state index contributed by atoms with van der Waals surface area (Å²) in [6.07, 6.45) is 4.19. The minimum Gasteiger partial charge on any atom is -0.446 e. The van der Waals surface area contributed by atoms with Crippen LogP contribution in [0.25, 0.3) is 0 Å². The Balaban J connectivity index is 1.86. The number of benzene rings is 1. The van der Waals surface area contributed by atoms with Crippen molar-refractivity contribution < 1.29 is 9.53 Å². The standard InChI is InChI=1S/C15H22N2O2/c1-11-4-2-3-5-14(11)19-15(18)17-13-8-6-12(10-16)7-9-13/h6-9,11,14H,2-5,10,16H2,1H3,(H,17,18). The Morgan fingerprint density at radius 3 is 2.63 bits per heavy atom. The highest BCUT2D eigenvalue weighted by molar-refractivity contribution is 5.84. The van der Waals surface area contributed by atoms with Gasteiger partial charge in [-0.3, -0.25) is 5.32 Å². The van der Waals surface area contributed by atoms with Crippen LogP contribution in [-0.2, 0) is 11.3 Å². The Morgan fingerprint density at radius 2 is 2.00 bits per heavy atom. The first-order chi connectivity index (χ1) is 9.19. The van der Waals surface area contributed by atoms with Crippen molar-refractivity contribution in [1.29, 1.82) is 0 Å². The molecule has 1 saturated carbocycles. The Labute approximate surface area is 114 Å². The second kappa shape index (κ2) is 6.57. The number of nitrogens with two attached hydrogens (primary N) is 1. The van der Waals surface area contributed by atoms with Crippen molar-refractivity contribution >= 4 is 11.8 Å². The molecule has 19 heavy (non-hydrogen) atoms. The molecule has 0 saturated heterocycles. The maximum atomic E-state index is 11.8. The third kappa shape index (κ3) is 3.96. The van der Waals surface area contributed by atoms with Gasteiger partial charge in [-0.1, -0.05) is 25.5 Å². The van der Waals surface area contributed by atoms with Crippen molar-refractivity contribution in [1.82, 2.24) is 0 Å². The van der Waals surface area contributed by atoms with E-state index in [2.05, 4.69) is 12.2 Å². The van der Waals surface area contributed by atoms with Crippen molar-refractivity contribution in [2.24, 2.45) is 11.7 Å². The minimum absolute atomic E-state index is 0.0528. The van der Waals surface area contributed by atoms with Gasteiger partial charge in [0.25, 0.3) is 0 Å². The van der Waals surface area contributed by atoms with Crippen LogP contribution in [-0.4, -0.2) is 12.2 Å². The zero-order valence-electron chi connectivity index (χ0n) is 11.4. The van der Waals surface area contributed by atoms with Gasteiger partial charge in [-0.25, -0.2) is 4.79 Å². The second-order valence-corrected chi connectivity index (χ2v) is 5.23. The van der Waals surface area contributed by atoms with Gasteiger partial charge < -0.3 is 10.5 Å². The topological polar surface area (TPSA) is 64.3 Å². The smallest absolute Gasteiger partial charge is 0.411 e. The zero-order valence-corrected chi connectivity index (χ0v) is 11.4. The molecule has 1 aromatic carbocycles. The van der Waals surface area contributed by atoms with Crippen LogP contribution in [0.2, 0.25) is 0 Å². The fourth-order valence-electron chi connectivity index (χ4n) is 2.47. The molecule has 0 heterocycles. The number of nitrogens with one attached hydrogen (secondary N) is 1. The summed E-state index contributed by atoms with van der Waals surface area (Å²) >= 11 is 0. The molecule has 1 amide bonds. The average Bonchev–Trinajstić information content (AvgIpc) is 2.42. The predicted octanol–water partition coefficient (Wildman–Crippen LogP) is 3.27. The molecule has 1 fully saturated rings. The quantitative estimate of drug-likeness (QED) is 0.878. The van der Waals surface area contributed by atoms with Crippen molar-refractivity contribution in [3.63, 3.8) is 0 Å². The lowest BCUT2D eigenvalue weighted by Crippen LogP contribution is -2.30. The number of carbonyl (C=O) groups is 1. The van der Waals surface area contributed by atoms with Crippen molar-refractivity contribution in [3.05, 3.63) is 29.8 Å². The van der Waals surface area contributed by atoms with Gasteiger partial charge in [0.1, 0.15) is 6.10 Å². The van der Waals surface area contributed by atoms with Gasteiger partial charge in [-0.2, -0.15) is 0 Å². The van der Waals surface area contributed by atoms with E-state index in [0.29, 0.717) is 12.5 Å². The van der Waals surface area contributed by atoms with Crippen LogP contribution >= 0.6 is 0 Å². The van der Waals surface area contributed by atoms with Crippen LogP contribution in [0.3, 0.4) is 0 Å². The molecule has 3 N–H and O–H groups in total. The number of ether oxygens (including phenoxy) is 1. The Bertz CT molecular complexity index is 417. The first-order valence-corrected chi connectivity index (χ1v) is 6.95. The fourth-order valence-corrected chi connectivity index (χ4v) is 2.47. The molecule has 0 radical (unpaired) electrons. The molecular formula is C15H22N2O2. The van der Waals surface area contributed by atoms with E-state index in [-0.39, 0.29) is 12.2 Å². The zero-order chi connectivity index (χ0) is 13.7. The first-order valence-electron chi connectivity index (χ1n) is 6.95. The van der Waals surface area contributed by atoms with E-state index >= 15 is 0 Å². The van der Waals surface area contributed by atoms with E-state index in [1.165, 1.54) is 6.42 Å². The van der Waals surface area contributed by atoms with Crippen LogP contribution in [0, 0.1) is 5.92 Å². The summed E-state index contributed by atoms with van der Waals surface area (Å²) in [6.45, 7) is 2.65. The van der Waals surface area contributed by atoms with E-state index < -0.39 is 0 Å². The van der Waals surface area contributed by atoms with Gasteiger partial charge in [0, 0.05) is 12.2 Å². The summed E-state index contributed by atoms with van der Waals surface area (Å²) in [5, 5.41) is 2.76. The maximum absolute atomic E-state index is 11.8. The molecule has 0 spiro atoms. The van der Waals surface area contributed by atoms with Crippen LogP contribution in [0.15, 0.2) is 24.3 Å². The molecule has 4 heteroatoms. The monoisotopic (exact) mass is 262 g/mol. The van der Waals surface area contributed by atoms with Gasteiger partial charge in [0.05, 0.1) is 0 Å². The number of rotatable bonds is 3. The van der Waals surface area contributed by atoms with Crippen LogP contribution in [0.4, 0.5) is 10.5 Å². The number of hydrogen-bond donors (Lipinski definition) is 2. The van der Waals surface area contributed by atoms with Crippen LogP contribution in [0.1, 0.15) is 38.2 Å².